The Balaban J connectivity index is 5.16. The summed E-state index contributed by atoms with van der Waals surface area (Å²) in [5.41, 5.74) is 0. The third kappa shape index (κ3) is 76.8. The van der Waals surface area contributed by atoms with Gasteiger partial charge in [0.05, 0.1) is 26.4 Å². The smallest absolute Gasteiger partial charge is 0.462 e. The molecular weight excluding hydrogens is 1350 g/mol. The summed E-state index contributed by atoms with van der Waals surface area (Å²) in [6.45, 7) is 7.38. The molecule has 104 heavy (non-hydrogen) atoms. The number of hydrogen-bond donors (Lipinski definition) is 3. The molecule has 0 aliphatic carbocycles. The minimum absolute atomic E-state index is 0.108. The molecule has 6 atom stereocenters. The summed E-state index contributed by atoms with van der Waals surface area (Å²) in [5, 5.41) is 10.6. The summed E-state index contributed by atoms with van der Waals surface area (Å²) in [4.78, 5) is 73.0. The highest BCUT2D eigenvalue weighted by Gasteiger charge is 2.30. The fraction of sp³-hybridized carbons (Fsp3) is 0.953. The molecule has 0 heterocycles. The molecule has 0 aromatic rings. The van der Waals surface area contributed by atoms with Gasteiger partial charge >= 0.3 is 39.5 Å². The molecule has 0 aromatic carbocycles. The van der Waals surface area contributed by atoms with Gasteiger partial charge in [-0.05, 0) is 31.6 Å². The molecule has 3 unspecified atom stereocenters. The van der Waals surface area contributed by atoms with Crippen molar-refractivity contribution < 1.29 is 80.2 Å². The Morgan fingerprint density at radius 3 is 0.683 bits per heavy atom. The van der Waals surface area contributed by atoms with Crippen LogP contribution in [0, 0.1) is 5.92 Å². The Bertz CT molecular complexity index is 1980. The summed E-state index contributed by atoms with van der Waals surface area (Å²) in [5.74, 6) is -1.23. The second-order valence-corrected chi connectivity index (χ2v) is 33.7. The van der Waals surface area contributed by atoms with Crippen molar-refractivity contribution in [1.82, 2.24) is 0 Å². The number of phosphoric acid groups is 2. The van der Waals surface area contributed by atoms with Crippen LogP contribution in [0.3, 0.4) is 0 Å². The quantitative estimate of drug-likeness (QED) is 0.0222. The number of phosphoric ester groups is 2. The minimum atomic E-state index is -4.96. The highest BCUT2D eigenvalue weighted by atomic mass is 31.2. The molecule has 3 N–H and O–H groups in total. The second-order valence-electron chi connectivity index (χ2n) is 30.8. The second kappa shape index (κ2) is 77.8. The molecular formula is C85H166O17P2. The fourth-order valence-corrected chi connectivity index (χ4v) is 14.8. The van der Waals surface area contributed by atoms with E-state index in [1.54, 1.807) is 0 Å². The van der Waals surface area contributed by atoms with Crippen LogP contribution >= 0.6 is 15.6 Å². The number of esters is 4. The SMILES string of the molecule is CCCCCCCCCCCCCCCCCCCCCC(=O)OC[C@H](COP(=O)(O)OC[C@@H](O)COP(=O)(O)OC[C@@H](COC(=O)CCCCCCCCC)OC(=O)CCCCCCCCCCCCCCCCCC)OC(=O)CCCCCCCCCCCCCCCCCCCCC(C)CC. The van der Waals surface area contributed by atoms with E-state index in [1.165, 1.54) is 270 Å². The van der Waals surface area contributed by atoms with Gasteiger partial charge in [0.2, 0.25) is 0 Å². The summed E-state index contributed by atoms with van der Waals surface area (Å²) in [6.07, 6.45) is 71.0. The van der Waals surface area contributed by atoms with Crippen LogP contribution in [0.5, 0.6) is 0 Å². The first-order valence-electron chi connectivity index (χ1n) is 44.2. The molecule has 0 amide bonds. The monoisotopic (exact) mass is 1520 g/mol. The molecule has 0 aliphatic rings. The number of aliphatic hydroxyl groups excluding tert-OH is 1. The van der Waals surface area contributed by atoms with Gasteiger partial charge in [-0.15, -0.1) is 0 Å². The molecule has 0 rings (SSSR count). The van der Waals surface area contributed by atoms with Crippen LogP contribution in [-0.2, 0) is 65.4 Å². The molecule has 0 bridgehead atoms. The maximum absolute atomic E-state index is 13.1. The van der Waals surface area contributed by atoms with Crippen molar-refractivity contribution in [3.63, 3.8) is 0 Å². The molecule has 0 saturated carbocycles. The molecule has 618 valence electrons. The topological polar surface area (TPSA) is 237 Å². The number of carbonyl (C=O) groups excluding carboxylic acids is 4. The van der Waals surface area contributed by atoms with E-state index in [9.17, 15) is 43.2 Å². The van der Waals surface area contributed by atoms with E-state index in [0.29, 0.717) is 25.7 Å². The predicted octanol–water partition coefficient (Wildman–Crippen LogP) is 26.0. The first kappa shape index (κ1) is 102. The van der Waals surface area contributed by atoms with Crippen LogP contribution in [0.4, 0.5) is 0 Å². The Morgan fingerprint density at radius 1 is 0.269 bits per heavy atom. The molecule has 0 spiro atoms. The molecule has 0 aliphatic heterocycles. The number of rotatable bonds is 85. The van der Waals surface area contributed by atoms with Crippen molar-refractivity contribution in [3.8, 4) is 0 Å². The van der Waals surface area contributed by atoms with Gasteiger partial charge in [0.1, 0.15) is 19.3 Å². The van der Waals surface area contributed by atoms with Crippen molar-refractivity contribution >= 4 is 39.5 Å². The molecule has 17 nitrogen and oxygen atoms in total. The van der Waals surface area contributed by atoms with Crippen LogP contribution in [-0.4, -0.2) is 96.7 Å². The molecule has 0 fully saturated rings. The average Bonchev–Trinajstić information content (AvgIpc) is 0.907. The van der Waals surface area contributed by atoms with E-state index in [4.69, 9.17) is 37.0 Å². The summed E-state index contributed by atoms with van der Waals surface area (Å²) < 4.78 is 68.7. The lowest BCUT2D eigenvalue weighted by Crippen LogP contribution is -2.30. The lowest BCUT2D eigenvalue weighted by molar-refractivity contribution is -0.161. The van der Waals surface area contributed by atoms with Gasteiger partial charge in [-0.1, -0.05) is 407 Å². The number of ether oxygens (including phenoxy) is 4. The lowest BCUT2D eigenvalue weighted by Gasteiger charge is -2.21. The van der Waals surface area contributed by atoms with Gasteiger partial charge in [-0.25, -0.2) is 9.13 Å². The first-order valence-corrected chi connectivity index (χ1v) is 47.2. The van der Waals surface area contributed by atoms with E-state index in [2.05, 4.69) is 34.6 Å². The molecule has 0 saturated heterocycles. The minimum Gasteiger partial charge on any atom is -0.462 e. The van der Waals surface area contributed by atoms with Gasteiger partial charge < -0.3 is 33.8 Å². The maximum atomic E-state index is 13.1. The molecule has 0 radical (unpaired) electrons. The summed E-state index contributed by atoms with van der Waals surface area (Å²) in [7, 11) is -9.92. The highest BCUT2D eigenvalue weighted by Crippen LogP contribution is 2.45. The van der Waals surface area contributed by atoms with E-state index >= 15 is 0 Å². The highest BCUT2D eigenvalue weighted by molar-refractivity contribution is 7.47. The number of aliphatic hydroxyl groups is 1. The Labute approximate surface area is 638 Å². The third-order valence-corrected chi connectivity index (χ3v) is 22.3. The lowest BCUT2D eigenvalue weighted by atomic mass is 9.99. The number of carbonyl (C=O) groups is 4. The van der Waals surface area contributed by atoms with Gasteiger partial charge in [0.25, 0.3) is 0 Å². The zero-order valence-corrected chi connectivity index (χ0v) is 70.0. The summed E-state index contributed by atoms with van der Waals surface area (Å²) >= 11 is 0. The standard InChI is InChI=1S/C85H166O17P2/c1-6-10-13-16-19-21-23-25-27-29-30-34-38-41-45-49-54-59-64-69-83(88)96-75-81(102-85(90)71-66-61-56-51-47-43-39-35-32-31-33-36-40-44-48-53-57-62-67-78(5)9-4)77-100-104(93,94)98-73-79(86)72-97-103(91,92)99-76-80(74-95-82(87)68-63-58-52-18-15-12-8-3)101-84(89)70-65-60-55-50-46-42-37-28-26-24-22-20-17-14-11-7-2/h78-81,86H,6-77H2,1-5H3,(H,91,92)(H,93,94)/t78?,79-,80+,81+/m0/s1. The van der Waals surface area contributed by atoms with Gasteiger partial charge in [-0.3, -0.25) is 37.3 Å². The zero-order chi connectivity index (χ0) is 76.2. The van der Waals surface area contributed by atoms with E-state index in [-0.39, 0.29) is 25.7 Å². The Hall–Kier alpha value is -1.94. The van der Waals surface area contributed by atoms with Crippen LogP contribution in [0.25, 0.3) is 0 Å². The van der Waals surface area contributed by atoms with Crippen molar-refractivity contribution in [3.05, 3.63) is 0 Å². The normalized spacial score (nSPS) is 14.0. The molecule has 19 heteroatoms. The van der Waals surface area contributed by atoms with Crippen molar-refractivity contribution in [2.75, 3.05) is 39.6 Å². The van der Waals surface area contributed by atoms with Crippen LogP contribution in [0.15, 0.2) is 0 Å². The fourth-order valence-electron chi connectivity index (χ4n) is 13.3. The zero-order valence-electron chi connectivity index (χ0n) is 68.2. The van der Waals surface area contributed by atoms with Crippen molar-refractivity contribution in [2.45, 2.75) is 477 Å². The van der Waals surface area contributed by atoms with Gasteiger partial charge in [0, 0.05) is 25.7 Å². The third-order valence-electron chi connectivity index (χ3n) is 20.4. The number of hydrogen-bond acceptors (Lipinski definition) is 15. The summed E-state index contributed by atoms with van der Waals surface area (Å²) in [6, 6.07) is 0. The van der Waals surface area contributed by atoms with Gasteiger partial charge in [0.15, 0.2) is 12.2 Å². The molecule has 0 aromatic heterocycles. The van der Waals surface area contributed by atoms with Crippen LogP contribution < -0.4 is 0 Å². The predicted molar refractivity (Wildman–Crippen MR) is 428 cm³/mol. The number of unbranched alkanes of at least 4 members (excludes halogenated alkanes) is 56. The Kier molecular flexibility index (Phi) is 76.3. The van der Waals surface area contributed by atoms with E-state index in [0.717, 1.165) is 109 Å². The van der Waals surface area contributed by atoms with Gasteiger partial charge in [-0.2, -0.15) is 0 Å². The average molecular weight is 1520 g/mol. The van der Waals surface area contributed by atoms with E-state index < -0.39 is 97.5 Å². The first-order chi connectivity index (χ1) is 50.6. The largest absolute Gasteiger partial charge is 0.472 e. The van der Waals surface area contributed by atoms with E-state index in [1.807, 2.05) is 0 Å². The Morgan fingerprint density at radius 2 is 0.462 bits per heavy atom. The van der Waals surface area contributed by atoms with Crippen molar-refractivity contribution in [2.24, 2.45) is 5.92 Å². The van der Waals surface area contributed by atoms with Crippen LogP contribution in [0.2, 0.25) is 0 Å². The van der Waals surface area contributed by atoms with Crippen molar-refractivity contribution in [1.29, 1.82) is 0 Å². The maximum Gasteiger partial charge on any atom is 0.472 e. The van der Waals surface area contributed by atoms with Crippen LogP contribution in [0.1, 0.15) is 458 Å².